The molecule has 2 N–H and O–H groups in total. The molecule has 0 saturated heterocycles. The van der Waals surface area contributed by atoms with E-state index in [9.17, 15) is 4.79 Å². The number of carbonyl (C=O) groups is 1. The second-order valence-corrected chi connectivity index (χ2v) is 7.14. The largest absolute Gasteiger partial charge is 0.385 e. The Hall–Kier alpha value is -1.81. The topological polar surface area (TPSA) is 41.1 Å². The average Bonchev–Trinajstić information content (AvgIpc) is 3.03. The standard InChI is InChI=1S/C18H20N2OS/c21-18(15-4-1-5-17-14(15)8-10-22-17)20-13-6-7-16-12(11-13)3-2-9-19-16/h6-8,10-11,15,19H,1-5,9H2,(H,20,21). The first-order valence-corrected chi connectivity index (χ1v) is 8.93. The van der Waals surface area contributed by atoms with Gasteiger partial charge >= 0.3 is 0 Å². The second-order valence-electron chi connectivity index (χ2n) is 6.14. The molecular formula is C18H20N2OS. The van der Waals surface area contributed by atoms with Gasteiger partial charge in [-0.2, -0.15) is 0 Å². The van der Waals surface area contributed by atoms with E-state index in [-0.39, 0.29) is 11.8 Å². The van der Waals surface area contributed by atoms with Gasteiger partial charge in [-0.3, -0.25) is 4.79 Å². The molecule has 0 spiro atoms. The third kappa shape index (κ3) is 2.52. The maximum absolute atomic E-state index is 12.7. The Morgan fingerprint density at radius 1 is 1.23 bits per heavy atom. The summed E-state index contributed by atoms with van der Waals surface area (Å²) in [5, 5.41) is 8.65. The minimum Gasteiger partial charge on any atom is -0.385 e. The summed E-state index contributed by atoms with van der Waals surface area (Å²) in [7, 11) is 0. The molecule has 0 saturated carbocycles. The second kappa shape index (κ2) is 5.76. The quantitative estimate of drug-likeness (QED) is 0.874. The Labute approximate surface area is 134 Å². The average molecular weight is 312 g/mol. The highest BCUT2D eigenvalue weighted by Gasteiger charge is 2.27. The van der Waals surface area contributed by atoms with Gasteiger partial charge in [-0.05, 0) is 72.9 Å². The normalized spacial score (nSPS) is 19.7. The summed E-state index contributed by atoms with van der Waals surface area (Å²) < 4.78 is 0. The molecule has 114 valence electrons. The SMILES string of the molecule is O=C(Nc1ccc2c(c1)CCCN2)C1CCCc2sccc21. The fourth-order valence-corrected chi connectivity index (χ4v) is 4.53. The smallest absolute Gasteiger partial charge is 0.231 e. The van der Waals surface area contributed by atoms with Gasteiger partial charge in [0.25, 0.3) is 0 Å². The molecular weight excluding hydrogens is 292 g/mol. The van der Waals surface area contributed by atoms with Crippen molar-refractivity contribution in [3.05, 3.63) is 45.6 Å². The van der Waals surface area contributed by atoms with E-state index in [1.165, 1.54) is 21.7 Å². The molecule has 1 aromatic carbocycles. The number of nitrogens with one attached hydrogen (secondary N) is 2. The van der Waals surface area contributed by atoms with Crippen molar-refractivity contribution in [2.24, 2.45) is 0 Å². The number of carbonyl (C=O) groups excluding carboxylic acids is 1. The summed E-state index contributed by atoms with van der Waals surface area (Å²) in [6.45, 7) is 1.04. The first-order chi connectivity index (χ1) is 10.8. The van der Waals surface area contributed by atoms with Crippen LogP contribution in [0.1, 0.15) is 41.2 Å². The van der Waals surface area contributed by atoms with Crippen LogP contribution in [0.4, 0.5) is 11.4 Å². The lowest BCUT2D eigenvalue weighted by atomic mass is 9.87. The molecule has 1 aliphatic heterocycles. The predicted molar refractivity (Wildman–Crippen MR) is 91.9 cm³/mol. The fourth-order valence-electron chi connectivity index (χ4n) is 3.54. The van der Waals surface area contributed by atoms with Gasteiger partial charge in [-0.15, -0.1) is 11.3 Å². The highest BCUT2D eigenvalue weighted by Crippen LogP contribution is 2.36. The van der Waals surface area contributed by atoms with Crippen molar-refractivity contribution in [2.45, 2.75) is 38.0 Å². The van der Waals surface area contributed by atoms with Gasteiger partial charge in [0.1, 0.15) is 0 Å². The van der Waals surface area contributed by atoms with Crippen LogP contribution in [-0.4, -0.2) is 12.5 Å². The maximum atomic E-state index is 12.7. The van der Waals surface area contributed by atoms with Crippen LogP contribution >= 0.6 is 11.3 Å². The number of thiophene rings is 1. The van der Waals surface area contributed by atoms with Crippen LogP contribution in [0, 0.1) is 0 Å². The summed E-state index contributed by atoms with van der Waals surface area (Å²) >= 11 is 1.78. The number of anilines is 2. The molecule has 1 atom stereocenters. The molecule has 1 unspecified atom stereocenters. The molecule has 2 heterocycles. The minimum absolute atomic E-state index is 0.0177. The number of amides is 1. The lowest BCUT2D eigenvalue weighted by Crippen LogP contribution is -2.24. The molecule has 0 radical (unpaired) electrons. The summed E-state index contributed by atoms with van der Waals surface area (Å²) in [5.74, 6) is 0.159. The number of aryl methyl sites for hydroxylation is 2. The zero-order valence-electron chi connectivity index (χ0n) is 12.5. The molecule has 0 fully saturated rings. The monoisotopic (exact) mass is 312 g/mol. The van der Waals surface area contributed by atoms with E-state index in [0.29, 0.717) is 0 Å². The number of benzene rings is 1. The van der Waals surface area contributed by atoms with Gasteiger partial charge in [0, 0.05) is 22.8 Å². The van der Waals surface area contributed by atoms with E-state index in [4.69, 9.17) is 0 Å². The lowest BCUT2D eigenvalue weighted by Gasteiger charge is -2.23. The Morgan fingerprint density at radius 3 is 3.14 bits per heavy atom. The van der Waals surface area contributed by atoms with Gasteiger partial charge in [0.15, 0.2) is 0 Å². The minimum atomic E-state index is 0.0177. The number of rotatable bonds is 2. The third-order valence-corrected chi connectivity index (χ3v) is 5.68. The van der Waals surface area contributed by atoms with E-state index in [1.54, 1.807) is 11.3 Å². The van der Waals surface area contributed by atoms with Crippen molar-refractivity contribution < 1.29 is 4.79 Å². The van der Waals surface area contributed by atoms with Crippen molar-refractivity contribution in [3.63, 3.8) is 0 Å². The summed E-state index contributed by atoms with van der Waals surface area (Å²) in [6.07, 6.45) is 5.44. The molecule has 3 nitrogen and oxygen atoms in total. The molecule has 1 aliphatic carbocycles. The maximum Gasteiger partial charge on any atom is 0.231 e. The van der Waals surface area contributed by atoms with Crippen molar-refractivity contribution in [1.29, 1.82) is 0 Å². The fraction of sp³-hybridized carbons (Fsp3) is 0.389. The van der Waals surface area contributed by atoms with E-state index in [0.717, 1.165) is 44.3 Å². The van der Waals surface area contributed by atoms with Crippen molar-refractivity contribution in [2.75, 3.05) is 17.2 Å². The molecule has 1 aromatic heterocycles. The van der Waals surface area contributed by atoms with E-state index >= 15 is 0 Å². The van der Waals surface area contributed by atoms with Crippen LogP contribution in [0.2, 0.25) is 0 Å². The summed E-state index contributed by atoms with van der Waals surface area (Å²) in [6, 6.07) is 8.34. The van der Waals surface area contributed by atoms with Crippen LogP contribution in [0.3, 0.4) is 0 Å². The lowest BCUT2D eigenvalue weighted by molar-refractivity contribution is -0.117. The van der Waals surface area contributed by atoms with Crippen LogP contribution in [0.5, 0.6) is 0 Å². The molecule has 22 heavy (non-hydrogen) atoms. The van der Waals surface area contributed by atoms with E-state index in [2.05, 4.69) is 34.2 Å². The highest BCUT2D eigenvalue weighted by atomic mass is 32.1. The Kier molecular flexibility index (Phi) is 3.62. The first-order valence-electron chi connectivity index (χ1n) is 8.05. The van der Waals surface area contributed by atoms with Crippen molar-refractivity contribution in [3.8, 4) is 0 Å². The van der Waals surface area contributed by atoms with Gasteiger partial charge < -0.3 is 10.6 Å². The van der Waals surface area contributed by atoms with Crippen LogP contribution in [0.25, 0.3) is 0 Å². The molecule has 1 amide bonds. The first kappa shape index (κ1) is 13.8. The number of hydrogen-bond acceptors (Lipinski definition) is 3. The molecule has 4 rings (SSSR count). The van der Waals surface area contributed by atoms with Gasteiger partial charge in [0.2, 0.25) is 5.91 Å². The number of hydrogen-bond donors (Lipinski definition) is 2. The van der Waals surface area contributed by atoms with Crippen molar-refractivity contribution in [1.82, 2.24) is 0 Å². The van der Waals surface area contributed by atoms with Crippen LogP contribution in [0.15, 0.2) is 29.6 Å². The predicted octanol–water partition coefficient (Wildman–Crippen LogP) is 4.16. The van der Waals surface area contributed by atoms with Crippen LogP contribution in [-0.2, 0) is 17.6 Å². The van der Waals surface area contributed by atoms with Crippen molar-refractivity contribution >= 4 is 28.6 Å². The number of fused-ring (bicyclic) bond motifs is 2. The zero-order valence-corrected chi connectivity index (χ0v) is 13.3. The Bertz CT molecular complexity index is 707. The summed E-state index contributed by atoms with van der Waals surface area (Å²) in [4.78, 5) is 14.1. The molecule has 4 heteroatoms. The molecule has 2 aromatic rings. The van der Waals surface area contributed by atoms with E-state index < -0.39 is 0 Å². The van der Waals surface area contributed by atoms with Gasteiger partial charge in [-0.1, -0.05) is 0 Å². The molecule has 2 aliphatic rings. The van der Waals surface area contributed by atoms with Crippen LogP contribution < -0.4 is 10.6 Å². The zero-order chi connectivity index (χ0) is 14.9. The summed E-state index contributed by atoms with van der Waals surface area (Å²) in [5.41, 5.74) is 4.69. The van der Waals surface area contributed by atoms with Gasteiger partial charge in [-0.25, -0.2) is 0 Å². The van der Waals surface area contributed by atoms with E-state index in [1.807, 2.05) is 6.07 Å². The third-order valence-electron chi connectivity index (χ3n) is 4.68. The highest BCUT2D eigenvalue weighted by molar-refractivity contribution is 7.10. The Balaban J connectivity index is 1.53. The van der Waals surface area contributed by atoms with Gasteiger partial charge in [0.05, 0.1) is 5.92 Å². The molecule has 0 bridgehead atoms. The Morgan fingerprint density at radius 2 is 2.18 bits per heavy atom.